The molecule has 1 unspecified atom stereocenters. The third-order valence-corrected chi connectivity index (χ3v) is 5.11. The molecule has 1 aromatic heterocycles. The van der Waals surface area contributed by atoms with Crippen molar-refractivity contribution in [2.24, 2.45) is 0 Å². The summed E-state index contributed by atoms with van der Waals surface area (Å²) < 4.78 is 10.9. The Hall–Kier alpha value is -1.67. The second kappa shape index (κ2) is 12.7. The summed E-state index contributed by atoms with van der Waals surface area (Å²) in [5.41, 5.74) is 0.933. The average Bonchev–Trinajstić information content (AvgIpc) is 2.68. The standard InChI is InChI=1S/C19H23N3O3S.2ClH/c1-24-16-3-2-4-17(10-16)25-19-6-5-14(12-22-19)11-21-18(23)9-15-13-26-8-7-20-15;;/h2-6,10,12,15,20H,7-9,11,13H2,1H3,(H,21,23);2*1H. The molecule has 2 N–H and O–H groups in total. The van der Waals surface area contributed by atoms with E-state index < -0.39 is 0 Å². The van der Waals surface area contributed by atoms with E-state index >= 15 is 0 Å². The van der Waals surface area contributed by atoms with Crippen LogP contribution in [0.15, 0.2) is 42.6 Å². The number of methoxy groups -OCH3 is 1. The van der Waals surface area contributed by atoms with Gasteiger partial charge in [0.15, 0.2) is 0 Å². The fraction of sp³-hybridized carbons (Fsp3) is 0.368. The quantitative estimate of drug-likeness (QED) is 0.679. The topological polar surface area (TPSA) is 72.5 Å². The van der Waals surface area contributed by atoms with Gasteiger partial charge in [-0.1, -0.05) is 12.1 Å². The van der Waals surface area contributed by atoms with Crippen LogP contribution in [0.1, 0.15) is 12.0 Å². The van der Waals surface area contributed by atoms with E-state index in [1.54, 1.807) is 25.4 Å². The number of aromatic nitrogens is 1. The fourth-order valence-electron chi connectivity index (χ4n) is 2.61. The van der Waals surface area contributed by atoms with Gasteiger partial charge in [-0.05, 0) is 17.7 Å². The molecule has 0 aliphatic carbocycles. The molecule has 3 rings (SSSR count). The molecule has 9 heteroatoms. The Morgan fingerprint density at radius 2 is 2.11 bits per heavy atom. The average molecular weight is 446 g/mol. The number of rotatable bonds is 7. The van der Waals surface area contributed by atoms with Gasteiger partial charge in [-0.2, -0.15) is 11.8 Å². The molecule has 154 valence electrons. The Bertz CT molecular complexity index is 729. The molecule has 1 amide bonds. The highest BCUT2D eigenvalue weighted by Gasteiger charge is 2.16. The minimum absolute atomic E-state index is 0. The van der Waals surface area contributed by atoms with E-state index in [0.29, 0.717) is 24.6 Å². The summed E-state index contributed by atoms with van der Waals surface area (Å²) in [5, 5.41) is 6.31. The van der Waals surface area contributed by atoms with Gasteiger partial charge >= 0.3 is 0 Å². The lowest BCUT2D eigenvalue weighted by Gasteiger charge is -2.22. The van der Waals surface area contributed by atoms with Crippen LogP contribution in [-0.2, 0) is 11.3 Å². The molecule has 2 heterocycles. The van der Waals surface area contributed by atoms with Crippen molar-refractivity contribution in [2.45, 2.75) is 19.0 Å². The Kier molecular flexibility index (Phi) is 11.1. The highest BCUT2D eigenvalue weighted by Crippen LogP contribution is 2.23. The van der Waals surface area contributed by atoms with E-state index in [9.17, 15) is 4.79 Å². The van der Waals surface area contributed by atoms with Gasteiger partial charge < -0.3 is 20.1 Å². The monoisotopic (exact) mass is 445 g/mol. The third kappa shape index (κ3) is 7.75. The molecule has 0 spiro atoms. The zero-order valence-electron chi connectivity index (χ0n) is 15.6. The first-order valence-electron chi connectivity index (χ1n) is 8.57. The number of carbonyl (C=O) groups is 1. The molecule has 1 aliphatic rings. The maximum Gasteiger partial charge on any atom is 0.221 e. The van der Waals surface area contributed by atoms with Gasteiger partial charge in [0.25, 0.3) is 0 Å². The predicted octanol–water partition coefficient (Wildman–Crippen LogP) is 3.44. The van der Waals surface area contributed by atoms with Crippen LogP contribution >= 0.6 is 36.6 Å². The molecule has 0 bridgehead atoms. The number of benzene rings is 1. The number of halogens is 2. The van der Waals surface area contributed by atoms with Crippen molar-refractivity contribution < 1.29 is 14.3 Å². The summed E-state index contributed by atoms with van der Waals surface area (Å²) in [6.45, 7) is 1.44. The van der Waals surface area contributed by atoms with Gasteiger partial charge in [-0.15, -0.1) is 24.8 Å². The van der Waals surface area contributed by atoms with Crippen LogP contribution in [0.25, 0.3) is 0 Å². The number of ether oxygens (including phenoxy) is 2. The van der Waals surface area contributed by atoms with Crippen LogP contribution in [0.5, 0.6) is 17.4 Å². The normalized spacial score (nSPS) is 15.5. The summed E-state index contributed by atoms with van der Waals surface area (Å²) >= 11 is 1.89. The third-order valence-electron chi connectivity index (χ3n) is 3.98. The maximum atomic E-state index is 12.0. The molecule has 0 saturated carbocycles. The summed E-state index contributed by atoms with van der Waals surface area (Å²) in [7, 11) is 1.61. The van der Waals surface area contributed by atoms with Crippen molar-refractivity contribution in [2.75, 3.05) is 25.2 Å². The van der Waals surface area contributed by atoms with Crippen molar-refractivity contribution in [3.63, 3.8) is 0 Å². The van der Waals surface area contributed by atoms with E-state index in [2.05, 4.69) is 15.6 Å². The molecule has 1 atom stereocenters. The predicted molar refractivity (Wildman–Crippen MR) is 117 cm³/mol. The van der Waals surface area contributed by atoms with Gasteiger partial charge in [0, 0.05) is 55.4 Å². The molecule has 0 radical (unpaired) electrons. The number of nitrogens with zero attached hydrogens (tertiary/aromatic N) is 1. The zero-order valence-corrected chi connectivity index (χ0v) is 18.0. The van der Waals surface area contributed by atoms with Crippen LogP contribution < -0.4 is 20.1 Å². The van der Waals surface area contributed by atoms with Gasteiger partial charge in [-0.25, -0.2) is 4.98 Å². The SMILES string of the molecule is COc1cccc(Oc2ccc(CNC(=O)CC3CSCCN3)cn2)c1.Cl.Cl. The summed E-state index contributed by atoms with van der Waals surface area (Å²) in [4.78, 5) is 16.3. The van der Waals surface area contributed by atoms with Crippen LogP contribution in [0.2, 0.25) is 0 Å². The number of hydrogen-bond acceptors (Lipinski definition) is 6. The van der Waals surface area contributed by atoms with Gasteiger partial charge in [0.2, 0.25) is 11.8 Å². The Morgan fingerprint density at radius 3 is 2.79 bits per heavy atom. The molecule has 2 aromatic rings. The largest absolute Gasteiger partial charge is 0.497 e. The molecular formula is C19H25Cl2N3O3S. The second-order valence-electron chi connectivity index (χ2n) is 5.99. The number of thioether (sulfide) groups is 1. The number of pyridine rings is 1. The van der Waals surface area contributed by atoms with E-state index in [-0.39, 0.29) is 36.8 Å². The fourth-order valence-corrected chi connectivity index (χ4v) is 3.56. The number of carbonyl (C=O) groups excluding carboxylic acids is 1. The van der Waals surface area contributed by atoms with Gasteiger partial charge in [-0.3, -0.25) is 4.79 Å². The van der Waals surface area contributed by atoms with Crippen molar-refractivity contribution in [3.8, 4) is 17.4 Å². The lowest BCUT2D eigenvalue weighted by atomic mass is 10.2. The van der Waals surface area contributed by atoms with Crippen molar-refractivity contribution in [3.05, 3.63) is 48.2 Å². The smallest absolute Gasteiger partial charge is 0.221 e. The second-order valence-corrected chi connectivity index (χ2v) is 7.14. The molecule has 1 aromatic carbocycles. The number of hydrogen-bond donors (Lipinski definition) is 2. The van der Waals surface area contributed by atoms with Crippen molar-refractivity contribution in [1.82, 2.24) is 15.6 Å². The van der Waals surface area contributed by atoms with Gasteiger partial charge in [0.05, 0.1) is 7.11 Å². The molecule has 1 fully saturated rings. The van der Waals surface area contributed by atoms with E-state index in [0.717, 1.165) is 29.4 Å². The maximum absolute atomic E-state index is 12.0. The van der Waals surface area contributed by atoms with E-state index in [1.807, 2.05) is 36.0 Å². The minimum atomic E-state index is 0. The molecule has 6 nitrogen and oxygen atoms in total. The Balaban J connectivity index is 0.00000196. The van der Waals surface area contributed by atoms with Crippen molar-refractivity contribution in [1.29, 1.82) is 0 Å². The number of nitrogens with one attached hydrogen (secondary N) is 2. The molecule has 1 saturated heterocycles. The van der Waals surface area contributed by atoms with Crippen LogP contribution in [0.4, 0.5) is 0 Å². The van der Waals surface area contributed by atoms with E-state index in [1.165, 1.54) is 0 Å². The number of amides is 1. The van der Waals surface area contributed by atoms with Crippen LogP contribution in [0, 0.1) is 0 Å². The lowest BCUT2D eigenvalue weighted by molar-refractivity contribution is -0.121. The summed E-state index contributed by atoms with van der Waals surface area (Å²) in [6, 6.07) is 11.3. The first-order valence-corrected chi connectivity index (χ1v) is 9.73. The highest BCUT2D eigenvalue weighted by molar-refractivity contribution is 7.99. The van der Waals surface area contributed by atoms with Gasteiger partial charge in [0.1, 0.15) is 11.5 Å². The molecular weight excluding hydrogens is 421 g/mol. The lowest BCUT2D eigenvalue weighted by Crippen LogP contribution is -2.41. The highest BCUT2D eigenvalue weighted by atomic mass is 35.5. The first-order chi connectivity index (χ1) is 12.7. The Morgan fingerprint density at radius 1 is 1.29 bits per heavy atom. The Labute approximate surface area is 182 Å². The molecule has 28 heavy (non-hydrogen) atoms. The van der Waals surface area contributed by atoms with Crippen LogP contribution in [-0.4, -0.2) is 42.1 Å². The minimum Gasteiger partial charge on any atom is -0.497 e. The summed E-state index contributed by atoms with van der Waals surface area (Å²) in [6.07, 6.45) is 2.22. The zero-order chi connectivity index (χ0) is 18.2. The molecule has 1 aliphatic heterocycles. The van der Waals surface area contributed by atoms with Crippen LogP contribution in [0.3, 0.4) is 0 Å². The first kappa shape index (κ1) is 24.4. The van der Waals surface area contributed by atoms with Crippen molar-refractivity contribution >= 4 is 42.5 Å². The van der Waals surface area contributed by atoms with E-state index in [4.69, 9.17) is 9.47 Å². The summed E-state index contributed by atoms with van der Waals surface area (Å²) in [5.74, 6) is 4.06.